The Bertz CT molecular complexity index is 497. The normalized spacial score (nSPS) is 26.7. The smallest absolute Gasteiger partial charge is 0.0831 e. The Morgan fingerprint density at radius 1 is 1.29 bits per heavy atom. The summed E-state index contributed by atoms with van der Waals surface area (Å²) in [7, 11) is 0. The van der Waals surface area contributed by atoms with E-state index in [0.717, 1.165) is 48.9 Å². The zero-order valence-corrected chi connectivity index (χ0v) is 14.2. The van der Waals surface area contributed by atoms with E-state index in [9.17, 15) is 5.11 Å². The molecule has 0 aliphatic carbocycles. The molecule has 5 heteroatoms. The molecule has 2 saturated heterocycles. The van der Waals surface area contributed by atoms with Gasteiger partial charge in [0.05, 0.1) is 11.7 Å². The van der Waals surface area contributed by atoms with Crippen molar-refractivity contribution in [2.24, 2.45) is 5.92 Å². The number of rotatable bonds is 2. The standard InChI is InChI=1S/C16H20BrClO3/c17-14-9-12(18)1-2-13(14)15(19)11-3-6-21-16(10-11)4-7-20-8-5-16/h1-2,9,11,15,19H,3-8,10H2. The maximum atomic E-state index is 10.8. The van der Waals surface area contributed by atoms with E-state index < -0.39 is 6.10 Å². The molecule has 1 aromatic rings. The van der Waals surface area contributed by atoms with Gasteiger partial charge in [0.25, 0.3) is 0 Å². The average Bonchev–Trinajstić information content (AvgIpc) is 2.47. The molecule has 0 saturated carbocycles. The van der Waals surface area contributed by atoms with Crippen LogP contribution in [0, 0.1) is 5.92 Å². The van der Waals surface area contributed by atoms with Crippen molar-refractivity contribution in [3.8, 4) is 0 Å². The Balaban J connectivity index is 1.76. The molecule has 2 fully saturated rings. The van der Waals surface area contributed by atoms with Gasteiger partial charge in [-0.25, -0.2) is 0 Å². The van der Waals surface area contributed by atoms with E-state index in [1.807, 2.05) is 18.2 Å². The SMILES string of the molecule is OC(c1ccc(Cl)cc1Br)C1CCOC2(CCOCC2)C1. The summed E-state index contributed by atoms with van der Waals surface area (Å²) in [5.74, 6) is 0.217. The van der Waals surface area contributed by atoms with E-state index in [1.165, 1.54) is 0 Å². The summed E-state index contributed by atoms with van der Waals surface area (Å²) < 4.78 is 12.4. The average molecular weight is 376 g/mol. The Labute approximate surface area is 138 Å². The van der Waals surface area contributed by atoms with Gasteiger partial charge < -0.3 is 14.6 Å². The van der Waals surface area contributed by atoms with Crippen molar-refractivity contribution in [2.45, 2.75) is 37.4 Å². The fourth-order valence-electron chi connectivity index (χ4n) is 3.42. The molecule has 2 unspecified atom stereocenters. The third kappa shape index (κ3) is 3.45. The molecule has 21 heavy (non-hydrogen) atoms. The first-order valence-electron chi connectivity index (χ1n) is 7.44. The fraction of sp³-hybridized carbons (Fsp3) is 0.625. The summed E-state index contributed by atoms with van der Waals surface area (Å²) in [6.45, 7) is 2.23. The minimum atomic E-state index is -0.486. The number of hydrogen-bond donors (Lipinski definition) is 1. The first kappa shape index (κ1) is 15.8. The Morgan fingerprint density at radius 3 is 2.76 bits per heavy atom. The van der Waals surface area contributed by atoms with Crippen LogP contribution in [-0.4, -0.2) is 30.5 Å². The van der Waals surface area contributed by atoms with Gasteiger partial charge in [-0.2, -0.15) is 0 Å². The molecule has 0 bridgehead atoms. The van der Waals surface area contributed by atoms with Gasteiger partial charge in [0.1, 0.15) is 0 Å². The lowest BCUT2D eigenvalue weighted by molar-refractivity contribution is -0.159. The molecule has 1 spiro atoms. The molecular weight excluding hydrogens is 356 g/mol. The second-order valence-corrected chi connectivity index (χ2v) is 7.30. The van der Waals surface area contributed by atoms with Gasteiger partial charge in [0.15, 0.2) is 0 Å². The van der Waals surface area contributed by atoms with Crippen molar-refractivity contribution >= 4 is 27.5 Å². The first-order chi connectivity index (χ1) is 10.1. The van der Waals surface area contributed by atoms with Crippen LogP contribution in [0.2, 0.25) is 5.02 Å². The lowest BCUT2D eigenvalue weighted by Gasteiger charge is -2.44. The number of halogens is 2. The van der Waals surface area contributed by atoms with Gasteiger partial charge in [-0.15, -0.1) is 0 Å². The molecule has 2 heterocycles. The Kier molecular flexibility index (Phi) is 4.91. The molecule has 0 amide bonds. The topological polar surface area (TPSA) is 38.7 Å². The summed E-state index contributed by atoms with van der Waals surface area (Å²) in [6, 6.07) is 5.57. The fourth-order valence-corrected chi connectivity index (χ4v) is 4.34. The number of ether oxygens (including phenoxy) is 2. The summed E-state index contributed by atoms with van der Waals surface area (Å²) in [5, 5.41) is 11.4. The number of aliphatic hydroxyl groups excluding tert-OH is 1. The molecule has 3 rings (SSSR count). The third-order valence-electron chi connectivity index (χ3n) is 4.66. The van der Waals surface area contributed by atoms with Crippen LogP contribution >= 0.6 is 27.5 Å². The van der Waals surface area contributed by atoms with Gasteiger partial charge >= 0.3 is 0 Å². The van der Waals surface area contributed by atoms with Crippen LogP contribution in [0.25, 0.3) is 0 Å². The second-order valence-electron chi connectivity index (χ2n) is 6.01. The van der Waals surface area contributed by atoms with Crippen molar-refractivity contribution in [3.63, 3.8) is 0 Å². The molecule has 1 N–H and O–H groups in total. The van der Waals surface area contributed by atoms with Crippen LogP contribution in [-0.2, 0) is 9.47 Å². The van der Waals surface area contributed by atoms with Crippen molar-refractivity contribution in [2.75, 3.05) is 19.8 Å². The Morgan fingerprint density at radius 2 is 2.05 bits per heavy atom. The molecule has 3 nitrogen and oxygen atoms in total. The van der Waals surface area contributed by atoms with Gasteiger partial charge in [-0.1, -0.05) is 33.6 Å². The quantitative estimate of drug-likeness (QED) is 0.845. The van der Waals surface area contributed by atoms with E-state index in [4.69, 9.17) is 21.1 Å². The molecular formula is C16H20BrClO3. The molecule has 2 atom stereocenters. The van der Waals surface area contributed by atoms with Crippen LogP contribution in [0.1, 0.15) is 37.4 Å². The minimum Gasteiger partial charge on any atom is -0.388 e. The van der Waals surface area contributed by atoms with Gasteiger partial charge in [-0.3, -0.25) is 0 Å². The van der Waals surface area contributed by atoms with Gasteiger partial charge in [0.2, 0.25) is 0 Å². The number of aliphatic hydroxyl groups is 1. The predicted octanol–water partition coefficient (Wildman–Crippen LogP) is 4.11. The molecule has 2 aliphatic rings. The third-order valence-corrected chi connectivity index (χ3v) is 5.58. The number of benzene rings is 1. The summed E-state index contributed by atoms with van der Waals surface area (Å²) >= 11 is 9.48. The first-order valence-corrected chi connectivity index (χ1v) is 8.61. The predicted molar refractivity (Wildman–Crippen MR) is 85.6 cm³/mol. The van der Waals surface area contributed by atoms with Crippen molar-refractivity contribution in [1.29, 1.82) is 0 Å². The monoisotopic (exact) mass is 374 g/mol. The van der Waals surface area contributed by atoms with E-state index >= 15 is 0 Å². The molecule has 0 radical (unpaired) electrons. The van der Waals surface area contributed by atoms with Crippen molar-refractivity contribution < 1.29 is 14.6 Å². The van der Waals surface area contributed by atoms with Gasteiger partial charge in [-0.05, 0) is 49.3 Å². The summed E-state index contributed by atoms with van der Waals surface area (Å²) in [5.41, 5.74) is 0.814. The zero-order chi connectivity index (χ0) is 14.9. The summed E-state index contributed by atoms with van der Waals surface area (Å²) in [4.78, 5) is 0. The molecule has 0 aromatic heterocycles. The highest BCUT2D eigenvalue weighted by atomic mass is 79.9. The lowest BCUT2D eigenvalue weighted by Crippen LogP contribution is -2.45. The van der Waals surface area contributed by atoms with Crippen LogP contribution in [0.15, 0.2) is 22.7 Å². The Hall–Kier alpha value is -0.130. The van der Waals surface area contributed by atoms with Crippen molar-refractivity contribution in [1.82, 2.24) is 0 Å². The highest BCUT2D eigenvalue weighted by Crippen LogP contribution is 2.43. The van der Waals surface area contributed by atoms with E-state index in [2.05, 4.69) is 15.9 Å². The summed E-state index contributed by atoms with van der Waals surface area (Å²) in [6.07, 6.45) is 3.15. The maximum absolute atomic E-state index is 10.8. The lowest BCUT2D eigenvalue weighted by atomic mass is 9.77. The zero-order valence-electron chi connectivity index (χ0n) is 11.9. The van der Waals surface area contributed by atoms with Crippen LogP contribution in [0.3, 0.4) is 0 Å². The van der Waals surface area contributed by atoms with Crippen LogP contribution in [0.5, 0.6) is 0 Å². The maximum Gasteiger partial charge on any atom is 0.0831 e. The van der Waals surface area contributed by atoms with Crippen LogP contribution in [0.4, 0.5) is 0 Å². The number of hydrogen-bond acceptors (Lipinski definition) is 3. The molecule has 2 aliphatic heterocycles. The highest BCUT2D eigenvalue weighted by Gasteiger charge is 2.41. The van der Waals surface area contributed by atoms with Crippen molar-refractivity contribution in [3.05, 3.63) is 33.3 Å². The van der Waals surface area contributed by atoms with Crippen LogP contribution < -0.4 is 0 Å². The molecule has 1 aromatic carbocycles. The molecule has 116 valence electrons. The van der Waals surface area contributed by atoms with E-state index in [-0.39, 0.29) is 11.5 Å². The largest absolute Gasteiger partial charge is 0.388 e. The van der Waals surface area contributed by atoms with E-state index in [1.54, 1.807) is 0 Å². The second kappa shape index (κ2) is 6.55. The minimum absolute atomic E-state index is 0.0962. The van der Waals surface area contributed by atoms with E-state index in [0.29, 0.717) is 11.6 Å². The van der Waals surface area contributed by atoms with Gasteiger partial charge in [0, 0.05) is 29.3 Å². The highest BCUT2D eigenvalue weighted by molar-refractivity contribution is 9.10.